The van der Waals surface area contributed by atoms with E-state index in [9.17, 15) is 9.59 Å². The molecule has 0 aromatic heterocycles. The van der Waals surface area contributed by atoms with Gasteiger partial charge >= 0.3 is 5.97 Å². The van der Waals surface area contributed by atoms with Crippen LogP contribution in [-0.2, 0) is 24.5 Å². The lowest BCUT2D eigenvalue weighted by Crippen LogP contribution is -2.28. The van der Waals surface area contributed by atoms with Crippen molar-refractivity contribution in [2.45, 2.75) is 39.2 Å². The van der Waals surface area contributed by atoms with Crippen LogP contribution in [0.3, 0.4) is 0 Å². The van der Waals surface area contributed by atoms with Crippen molar-refractivity contribution in [3.8, 4) is 0 Å². The molecule has 1 rings (SSSR count). The number of ether oxygens (including phenoxy) is 2. The summed E-state index contributed by atoms with van der Waals surface area (Å²) in [5, 5.41) is 2.68. The lowest BCUT2D eigenvalue weighted by atomic mass is 9.87. The zero-order valence-electron chi connectivity index (χ0n) is 14.2. The summed E-state index contributed by atoms with van der Waals surface area (Å²) in [5.41, 5.74) is 1.89. The van der Waals surface area contributed by atoms with Crippen molar-refractivity contribution in [1.29, 1.82) is 0 Å². The highest BCUT2D eigenvalue weighted by Crippen LogP contribution is 2.23. The van der Waals surface area contributed by atoms with Crippen LogP contribution in [0.25, 0.3) is 0 Å². The highest BCUT2D eigenvalue weighted by Gasteiger charge is 2.16. The third-order valence-electron chi connectivity index (χ3n) is 3.18. The van der Waals surface area contributed by atoms with E-state index in [1.807, 2.05) is 24.3 Å². The topological polar surface area (TPSA) is 64.6 Å². The summed E-state index contributed by atoms with van der Waals surface area (Å²) in [5.74, 6) is -0.970. The number of rotatable bonds is 7. The third kappa shape index (κ3) is 6.65. The fourth-order valence-electron chi connectivity index (χ4n) is 1.79. The molecule has 5 nitrogen and oxygen atoms in total. The van der Waals surface area contributed by atoms with Crippen molar-refractivity contribution < 1.29 is 19.1 Å². The molecule has 0 radical (unpaired) electrons. The first-order chi connectivity index (χ1) is 10.7. The quantitative estimate of drug-likeness (QED) is 0.620. The minimum absolute atomic E-state index is 0.0552. The molecular weight excluding hydrogens is 294 g/mol. The molecule has 1 unspecified atom stereocenters. The molecule has 0 fully saturated rings. The second-order valence-corrected chi connectivity index (χ2v) is 6.25. The normalized spacial score (nSPS) is 12.3. The number of esters is 1. The first-order valence-corrected chi connectivity index (χ1v) is 7.53. The van der Waals surface area contributed by atoms with Crippen LogP contribution >= 0.6 is 0 Å². The smallest absolute Gasteiger partial charge is 0.335 e. The number of amides is 1. The van der Waals surface area contributed by atoms with Crippen LogP contribution in [0.2, 0.25) is 0 Å². The minimum atomic E-state index is -0.730. The maximum atomic E-state index is 11.8. The molecule has 0 aliphatic carbocycles. The molecule has 0 saturated heterocycles. The highest BCUT2D eigenvalue weighted by molar-refractivity contribution is 5.93. The summed E-state index contributed by atoms with van der Waals surface area (Å²) < 4.78 is 10.0. The minimum Gasteiger partial charge on any atom is -0.454 e. The van der Waals surface area contributed by atoms with Crippen LogP contribution in [0.1, 0.15) is 33.3 Å². The zero-order valence-corrected chi connectivity index (χ0v) is 14.2. The molecule has 23 heavy (non-hydrogen) atoms. The lowest BCUT2D eigenvalue weighted by Gasteiger charge is -2.19. The number of nitrogens with one attached hydrogen (secondary N) is 1. The molecular formula is C18H25NO4. The number of anilines is 1. The van der Waals surface area contributed by atoms with Crippen molar-refractivity contribution in [2.75, 3.05) is 18.5 Å². The molecule has 0 aliphatic heterocycles. The van der Waals surface area contributed by atoms with E-state index in [-0.39, 0.29) is 18.6 Å². The Balaban J connectivity index is 2.45. The molecule has 1 N–H and O–H groups in total. The van der Waals surface area contributed by atoms with E-state index in [1.54, 1.807) is 6.92 Å². The van der Waals surface area contributed by atoms with Gasteiger partial charge < -0.3 is 14.8 Å². The van der Waals surface area contributed by atoms with E-state index in [0.717, 1.165) is 0 Å². The van der Waals surface area contributed by atoms with E-state index in [4.69, 9.17) is 9.47 Å². The fraction of sp³-hybridized carbons (Fsp3) is 0.444. The largest absolute Gasteiger partial charge is 0.454 e. The van der Waals surface area contributed by atoms with Gasteiger partial charge in [0.1, 0.15) is 0 Å². The van der Waals surface area contributed by atoms with Crippen LogP contribution in [-0.4, -0.2) is 31.2 Å². The van der Waals surface area contributed by atoms with Crippen LogP contribution in [0, 0.1) is 0 Å². The Bertz CT molecular complexity index is 543. The predicted molar refractivity (Wildman–Crippen MR) is 90.3 cm³/mol. The van der Waals surface area contributed by atoms with Gasteiger partial charge in [-0.1, -0.05) is 39.0 Å². The molecule has 0 aliphatic rings. The Morgan fingerprint density at radius 2 is 1.87 bits per heavy atom. The summed E-state index contributed by atoms with van der Waals surface area (Å²) in [7, 11) is 0. The van der Waals surface area contributed by atoms with Crippen molar-refractivity contribution in [3.05, 3.63) is 42.5 Å². The van der Waals surface area contributed by atoms with Gasteiger partial charge in [-0.2, -0.15) is 0 Å². The Labute approximate surface area is 137 Å². The summed E-state index contributed by atoms with van der Waals surface area (Å²) in [6, 6.07) is 7.59. The Kier molecular flexibility index (Phi) is 6.97. The monoisotopic (exact) mass is 319 g/mol. The Hall–Kier alpha value is -2.14. The Morgan fingerprint density at radius 1 is 1.26 bits per heavy atom. The number of carbonyl (C=O) groups is 2. The van der Waals surface area contributed by atoms with Gasteiger partial charge in [-0.05, 0) is 30.0 Å². The second kappa shape index (κ2) is 8.48. The lowest BCUT2D eigenvalue weighted by molar-refractivity contribution is -0.157. The second-order valence-electron chi connectivity index (χ2n) is 6.25. The van der Waals surface area contributed by atoms with Gasteiger partial charge in [0.25, 0.3) is 5.91 Å². The molecule has 1 aromatic carbocycles. The Morgan fingerprint density at radius 3 is 2.39 bits per heavy atom. The van der Waals surface area contributed by atoms with Gasteiger partial charge in [0.15, 0.2) is 12.7 Å². The molecule has 0 bridgehead atoms. The van der Waals surface area contributed by atoms with Crippen LogP contribution in [0.5, 0.6) is 0 Å². The van der Waals surface area contributed by atoms with Crippen molar-refractivity contribution >= 4 is 17.6 Å². The summed E-state index contributed by atoms with van der Waals surface area (Å²) in [4.78, 5) is 23.4. The SMILES string of the molecule is C=CCOC(C)C(=O)OCC(=O)Nc1ccc(C(C)(C)C)cc1. The standard InChI is InChI=1S/C18H25NO4/c1-6-11-22-13(2)17(21)23-12-16(20)19-15-9-7-14(8-10-15)18(3,4)5/h6-10,13H,1,11-12H2,2-5H3,(H,19,20). The molecule has 1 aromatic rings. The third-order valence-corrected chi connectivity index (χ3v) is 3.18. The average Bonchev–Trinajstić information content (AvgIpc) is 2.49. The predicted octanol–water partition coefficient (Wildman–Crippen LogP) is 3.06. The van der Waals surface area contributed by atoms with Gasteiger partial charge in [0, 0.05) is 5.69 Å². The maximum Gasteiger partial charge on any atom is 0.335 e. The van der Waals surface area contributed by atoms with Gasteiger partial charge in [0.05, 0.1) is 6.61 Å². The number of benzene rings is 1. The summed E-state index contributed by atoms with van der Waals surface area (Å²) >= 11 is 0. The molecule has 0 saturated carbocycles. The first-order valence-electron chi connectivity index (χ1n) is 7.53. The fourth-order valence-corrected chi connectivity index (χ4v) is 1.79. The van der Waals surface area contributed by atoms with E-state index in [2.05, 4.69) is 32.7 Å². The first kappa shape index (κ1) is 18.9. The molecule has 5 heteroatoms. The van der Waals surface area contributed by atoms with Gasteiger partial charge in [-0.15, -0.1) is 6.58 Å². The van der Waals surface area contributed by atoms with Crippen molar-refractivity contribution in [2.24, 2.45) is 0 Å². The van der Waals surface area contributed by atoms with Crippen LogP contribution in [0.4, 0.5) is 5.69 Å². The average molecular weight is 319 g/mol. The maximum absolute atomic E-state index is 11.8. The van der Waals surface area contributed by atoms with E-state index in [1.165, 1.54) is 11.6 Å². The van der Waals surface area contributed by atoms with Gasteiger partial charge in [-0.3, -0.25) is 4.79 Å². The number of hydrogen-bond donors (Lipinski definition) is 1. The molecule has 1 atom stereocenters. The highest BCUT2D eigenvalue weighted by atomic mass is 16.6. The van der Waals surface area contributed by atoms with Gasteiger partial charge in [-0.25, -0.2) is 4.79 Å². The molecule has 0 spiro atoms. The van der Waals surface area contributed by atoms with E-state index in [0.29, 0.717) is 5.69 Å². The van der Waals surface area contributed by atoms with Crippen molar-refractivity contribution in [3.63, 3.8) is 0 Å². The van der Waals surface area contributed by atoms with Crippen molar-refractivity contribution in [1.82, 2.24) is 0 Å². The van der Waals surface area contributed by atoms with E-state index < -0.39 is 18.0 Å². The van der Waals surface area contributed by atoms with E-state index >= 15 is 0 Å². The van der Waals surface area contributed by atoms with Crippen LogP contribution in [0.15, 0.2) is 36.9 Å². The van der Waals surface area contributed by atoms with Gasteiger partial charge in [0.2, 0.25) is 0 Å². The molecule has 126 valence electrons. The number of carbonyl (C=O) groups excluding carboxylic acids is 2. The zero-order chi connectivity index (χ0) is 17.5. The molecule has 0 heterocycles. The number of hydrogen-bond acceptors (Lipinski definition) is 4. The van der Waals surface area contributed by atoms with Crippen LogP contribution < -0.4 is 5.32 Å². The summed E-state index contributed by atoms with van der Waals surface area (Å²) in [6.45, 7) is 11.3. The molecule has 1 amide bonds. The summed E-state index contributed by atoms with van der Waals surface area (Å²) in [6.07, 6.45) is 0.810.